The van der Waals surface area contributed by atoms with Crippen molar-refractivity contribution < 1.29 is 14.6 Å². The van der Waals surface area contributed by atoms with E-state index in [0.717, 1.165) is 0 Å². The molecule has 70 valence electrons. The number of aliphatic hydroxyl groups is 1. The molecule has 1 rings (SSSR count). The summed E-state index contributed by atoms with van der Waals surface area (Å²) in [5, 5.41) is 9.32. The van der Waals surface area contributed by atoms with Crippen LogP contribution in [0, 0.1) is 5.92 Å². The SMILES string of the molecule is CCC(O)CC1COCCC1=O. The molecule has 2 unspecified atom stereocenters. The molecular weight excluding hydrogens is 156 g/mol. The molecule has 1 fully saturated rings. The number of carbonyl (C=O) groups is 1. The number of carbonyl (C=O) groups excluding carboxylic acids is 1. The van der Waals surface area contributed by atoms with Gasteiger partial charge in [0, 0.05) is 12.3 Å². The Hall–Kier alpha value is -0.410. The summed E-state index contributed by atoms with van der Waals surface area (Å²) in [5.41, 5.74) is 0. The zero-order chi connectivity index (χ0) is 8.97. The first-order valence-corrected chi connectivity index (χ1v) is 4.52. The van der Waals surface area contributed by atoms with Gasteiger partial charge >= 0.3 is 0 Å². The molecule has 1 aliphatic heterocycles. The highest BCUT2D eigenvalue weighted by molar-refractivity contribution is 5.81. The van der Waals surface area contributed by atoms with E-state index < -0.39 is 0 Å². The topological polar surface area (TPSA) is 46.5 Å². The van der Waals surface area contributed by atoms with Crippen LogP contribution in [-0.4, -0.2) is 30.2 Å². The Morgan fingerprint density at radius 1 is 1.75 bits per heavy atom. The lowest BCUT2D eigenvalue weighted by atomic mass is 9.93. The van der Waals surface area contributed by atoms with Gasteiger partial charge in [-0.25, -0.2) is 0 Å². The van der Waals surface area contributed by atoms with Crippen molar-refractivity contribution in [2.24, 2.45) is 5.92 Å². The first kappa shape index (κ1) is 9.68. The fourth-order valence-corrected chi connectivity index (χ4v) is 1.39. The molecule has 1 N–H and O–H groups in total. The van der Waals surface area contributed by atoms with Gasteiger partial charge < -0.3 is 9.84 Å². The van der Waals surface area contributed by atoms with Crippen molar-refractivity contribution in [3.05, 3.63) is 0 Å². The van der Waals surface area contributed by atoms with Crippen molar-refractivity contribution in [3.63, 3.8) is 0 Å². The second kappa shape index (κ2) is 4.58. The third-order valence-corrected chi connectivity index (χ3v) is 2.30. The summed E-state index contributed by atoms with van der Waals surface area (Å²) in [6, 6.07) is 0. The molecule has 3 nitrogen and oxygen atoms in total. The molecule has 0 saturated carbocycles. The Morgan fingerprint density at radius 3 is 3.08 bits per heavy atom. The summed E-state index contributed by atoms with van der Waals surface area (Å²) in [6.45, 7) is 2.96. The maximum absolute atomic E-state index is 11.3. The summed E-state index contributed by atoms with van der Waals surface area (Å²) in [4.78, 5) is 11.3. The van der Waals surface area contributed by atoms with Crippen molar-refractivity contribution in [2.45, 2.75) is 32.3 Å². The van der Waals surface area contributed by atoms with E-state index in [1.807, 2.05) is 6.92 Å². The largest absolute Gasteiger partial charge is 0.393 e. The molecule has 3 heteroatoms. The van der Waals surface area contributed by atoms with Crippen LogP contribution in [0.25, 0.3) is 0 Å². The summed E-state index contributed by atoms with van der Waals surface area (Å²) < 4.78 is 5.17. The maximum atomic E-state index is 11.3. The Kier molecular flexibility index (Phi) is 3.69. The van der Waals surface area contributed by atoms with Gasteiger partial charge in [-0.2, -0.15) is 0 Å². The average Bonchev–Trinajstić information content (AvgIpc) is 2.09. The highest BCUT2D eigenvalue weighted by Crippen LogP contribution is 2.16. The summed E-state index contributed by atoms with van der Waals surface area (Å²) in [7, 11) is 0. The predicted octanol–water partition coefficient (Wildman–Crippen LogP) is 0.753. The van der Waals surface area contributed by atoms with Crippen molar-refractivity contribution >= 4 is 5.78 Å². The molecule has 0 radical (unpaired) electrons. The molecule has 0 aromatic heterocycles. The molecule has 0 aromatic carbocycles. The van der Waals surface area contributed by atoms with Crippen molar-refractivity contribution in [3.8, 4) is 0 Å². The van der Waals surface area contributed by atoms with Gasteiger partial charge in [0.1, 0.15) is 5.78 Å². The van der Waals surface area contributed by atoms with E-state index in [1.54, 1.807) is 0 Å². The van der Waals surface area contributed by atoms with Crippen LogP contribution in [0.15, 0.2) is 0 Å². The van der Waals surface area contributed by atoms with Crippen molar-refractivity contribution in [1.82, 2.24) is 0 Å². The molecule has 12 heavy (non-hydrogen) atoms. The van der Waals surface area contributed by atoms with Crippen LogP contribution in [0.1, 0.15) is 26.2 Å². The average molecular weight is 172 g/mol. The molecule has 0 amide bonds. The van der Waals surface area contributed by atoms with Crippen LogP contribution in [0.4, 0.5) is 0 Å². The van der Waals surface area contributed by atoms with E-state index in [-0.39, 0.29) is 17.8 Å². The number of hydrogen-bond acceptors (Lipinski definition) is 3. The second-order valence-electron chi connectivity index (χ2n) is 3.29. The van der Waals surface area contributed by atoms with E-state index in [1.165, 1.54) is 0 Å². The van der Waals surface area contributed by atoms with Gasteiger partial charge in [-0.3, -0.25) is 4.79 Å². The quantitative estimate of drug-likeness (QED) is 0.683. The lowest BCUT2D eigenvalue weighted by Crippen LogP contribution is -2.30. The molecule has 1 saturated heterocycles. The lowest BCUT2D eigenvalue weighted by Gasteiger charge is -2.22. The molecular formula is C9H16O3. The number of ether oxygens (including phenoxy) is 1. The molecule has 0 spiro atoms. The Labute approximate surface area is 72.7 Å². The maximum Gasteiger partial charge on any atom is 0.140 e. The standard InChI is InChI=1S/C9H16O3/c1-2-8(10)5-7-6-12-4-3-9(7)11/h7-8,10H,2-6H2,1H3. The molecule has 0 aliphatic carbocycles. The van der Waals surface area contributed by atoms with E-state index >= 15 is 0 Å². The minimum absolute atomic E-state index is 0.0614. The van der Waals surface area contributed by atoms with E-state index in [4.69, 9.17) is 4.74 Å². The summed E-state index contributed by atoms with van der Waals surface area (Å²) in [6.07, 6.45) is 1.45. The molecule has 0 bridgehead atoms. The minimum Gasteiger partial charge on any atom is -0.393 e. The smallest absolute Gasteiger partial charge is 0.140 e. The number of Topliss-reactive ketones (excluding diaryl/α,β-unsaturated/α-hetero) is 1. The minimum atomic E-state index is -0.347. The van der Waals surface area contributed by atoms with Crippen LogP contribution in [-0.2, 0) is 9.53 Å². The first-order valence-electron chi connectivity index (χ1n) is 4.52. The molecule has 0 aromatic rings. The van der Waals surface area contributed by atoms with Gasteiger partial charge in [0.25, 0.3) is 0 Å². The summed E-state index contributed by atoms with van der Waals surface area (Å²) >= 11 is 0. The normalized spacial score (nSPS) is 27.2. The van der Waals surface area contributed by atoms with Crippen LogP contribution < -0.4 is 0 Å². The zero-order valence-corrected chi connectivity index (χ0v) is 7.45. The highest BCUT2D eigenvalue weighted by atomic mass is 16.5. The molecule has 2 atom stereocenters. The van der Waals surface area contributed by atoms with E-state index in [0.29, 0.717) is 32.5 Å². The Bertz CT molecular complexity index is 156. The fraction of sp³-hybridized carbons (Fsp3) is 0.889. The van der Waals surface area contributed by atoms with E-state index in [9.17, 15) is 9.90 Å². The van der Waals surface area contributed by atoms with Crippen LogP contribution in [0.3, 0.4) is 0 Å². The predicted molar refractivity (Wildman–Crippen MR) is 44.8 cm³/mol. The lowest BCUT2D eigenvalue weighted by molar-refractivity contribution is -0.131. The summed E-state index contributed by atoms with van der Waals surface area (Å²) in [5.74, 6) is 0.183. The monoisotopic (exact) mass is 172 g/mol. The number of ketones is 1. The van der Waals surface area contributed by atoms with Crippen LogP contribution in [0.5, 0.6) is 0 Å². The number of hydrogen-bond donors (Lipinski definition) is 1. The third kappa shape index (κ3) is 2.57. The van der Waals surface area contributed by atoms with Crippen molar-refractivity contribution in [1.29, 1.82) is 0 Å². The van der Waals surface area contributed by atoms with Gasteiger partial charge in [0.15, 0.2) is 0 Å². The Morgan fingerprint density at radius 2 is 2.50 bits per heavy atom. The van der Waals surface area contributed by atoms with Gasteiger partial charge in [-0.15, -0.1) is 0 Å². The highest BCUT2D eigenvalue weighted by Gasteiger charge is 2.24. The molecule has 1 heterocycles. The second-order valence-corrected chi connectivity index (χ2v) is 3.29. The van der Waals surface area contributed by atoms with Gasteiger partial charge in [0.2, 0.25) is 0 Å². The van der Waals surface area contributed by atoms with Crippen LogP contribution >= 0.6 is 0 Å². The Balaban J connectivity index is 2.34. The van der Waals surface area contributed by atoms with Gasteiger partial charge in [0.05, 0.1) is 19.3 Å². The number of rotatable bonds is 3. The van der Waals surface area contributed by atoms with Crippen molar-refractivity contribution in [2.75, 3.05) is 13.2 Å². The third-order valence-electron chi connectivity index (χ3n) is 2.30. The zero-order valence-electron chi connectivity index (χ0n) is 7.45. The van der Waals surface area contributed by atoms with Crippen LogP contribution in [0.2, 0.25) is 0 Å². The van der Waals surface area contributed by atoms with Gasteiger partial charge in [-0.05, 0) is 12.8 Å². The number of aliphatic hydroxyl groups excluding tert-OH is 1. The molecule has 1 aliphatic rings. The van der Waals surface area contributed by atoms with E-state index in [2.05, 4.69) is 0 Å². The fourth-order valence-electron chi connectivity index (χ4n) is 1.39. The van der Waals surface area contributed by atoms with Gasteiger partial charge in [-0.1, -0.05) is 6.92 Å². The first-order chi connectivity index (χ1) is 5.74.